The zero-order chi connectivity index (χ0) is 21.1. The van der Waals surface area contributed by atoms with Gasteiger partial charge < -0.3 is 14.5 Å². The third kappa shape index (κ3) is 4.33. The number of carbonyl (C=O) groups is 2. The monoisotopic (exact) mass is 411 g/mol. The van der Waals surface area contributed by atoms with Crippen molar-refractivity contribution < 1.29 is 14.3 Å². The van der Waals surface area contributed by atoms with Crippen molar-refractivity contribution in [3.05, 3.63) is 41.7 Å². The van der Waals surface area contributed by atoms with Gasteiger partial charge in [0, 0.05) is 57.9 Å². The van der Waals surface area contributed by atoms with Gasteiger partial charge in [-0.3, -0.25) is 19.6 Å². The van der Waals surface area contributed by atoms with Gasteiger partial charge >= 0.3 is 0 Å². The fourth-order valence-electron chi connectivity index (χ4n) is 4.36. The Hall–Kier alpha value is -2.87. The quantitative estimate of drug-likeness (QED) is 0.759. The summed E-state index contributed by atoms with van der Waals surface area (Å²) in [5.41, 5.74) is 1.92. The molecule has 30 heavy (non-hydrogen) atoms. The van der Waals surface area contributed by atoms with E-state index < -0.39 is 0 Å². The highest BCUT2D eigenvalue weighted by molar-refractivity contribution is 5.97. The highest BCUT2D eigenvalue weighted by Crippen LogP contribution is 2.23. The summed E-state index contributed by atoms with van der Waals surface area (Å²) < 4.78 is 5.25. The van der Waals surface area contributed by atoms with Crippen LogP contribution in [0, 0.1) is 0 Å². The van der Waals surface area contributed by atoms with Gasteiger partial charge in [-0.1, -0.05) is 0 Å². The van der Waals surface area contributed by atoms with Crippen molar-refractivity contribution >= 4 is 17.4 Å². The molecule has 2 fully saturated rings. The predicted molar refractivity (Wildman–Crippen MR) is 114 cm³/mol. The lowest BCUT2D eigenvalue weighted by molar-refractivity contribution is 0.0558. The molecule has 1 atom stereocenters. The SMILES string of the molecule is COc1ccc(N2CCN(C3CCCN(C(=O)c4cc(C(C)=O)n[nH]4)C3)CC2)cc1. The van der Waals surface area contributed by atoms with E-state index in [1.807, 2.05) is 17.0 Å². The van der Waals surface area contributed by atoms with Crippen LogP contribution in [0.3, 0.4) is 0 Å². The van der Waals surface area contributed by atoms with Crippen LogP contribution in [-0.4, -0.2) is 84.1 Å². The summed E-state index contributed by atoms with van der Waals surface area (Å²) in [6, 6.07) is 10.1. The molecule has 1 N–H and O–H groups in total. The number of H-pyrrole nitrogens is 1. The number of aromatic amines is 1. The first-order valence-electron chi connectivity index (χ1n) is 10.5. The van der Waals surface area contributed by atoms with Gasteiger partial charge in [-0.2, -0.15) is 5.10 Å². The van der Waals surface area contributed by atoms with Crippen molar-refractivity contribution in [2.45, 2.75) is 25.8 Å². The second-order valence-electron chi connectivity index (χ2n) is 7.99. The molecule has 160 valence electrons. The number of benzene rings is 1. The number of piperidine rings is 1. The van der Waals surface area contributed by atoms with E-state index >= 15 is 0 Å². The van der Waals surface area contributed by atoms with Gasteiger partial charge in [0.2, 0.25) is 0 Å². The topological polar surface area (TPSA) is 81.8 Å². The molecule has 4 rings (SSSR count). The van der Waals surface area contributed by atoms with Crippen LogP contribution in [-0.2, 0) is 0 Å². The minimum Gasteiger partial charge on any atom is -0.497 e. The summed E-state index contributed by atoms with van der Waals surface area (Å²) in [6.45, 7) is 6.82. The number of anilines is 1. The minimum absolute atomic E-state index is 0.0726. The Labute approximate surface area is 176 Å². The number of carbonyl (C=O) groups excluding carboxylic acids is 2. The Morgan fingerprint density at radius 1 is 1.10 bits per heavy atom. The second-order valence-corrected chi connectivity index (χ2v) is 7.99. The largest absolute Gasteiger partial charge is 0.497 e. The maximum atomic E-state index is 12.9. The number of piperazine rings is 1. The molecule has 0 spiro atoms. The number of hydrogen-bond donors (Lipinski definition) is 1. The van der Waals surface area contributed by atoms with E-state index in [-0.39, 0.29) is 11.7 Å². The fourth-order valence-corrected chi connectivity index (χ4v) is 4.36. The number of methoxy groups -OCH3 is 1. The maximum absolute atomic E-state index is 12.9. The number of likely N-dealkylation sites (tertiary alicyclic amines) is 1. The van der Waals surface area contributed by atoms with Crippen LogP contribution < -0.4 is 9.64 Å². The minimum atomic E-state index is -0.142. The number of nitrogens with zero attached hydrogens (tertiary/aromatic N) is 4. The van der Waals surface area contributed by atoms with Crippen LogP contribution in [0.15, 0.2) is 30.3 Å². The van der Waals surface area contributed by atoms with Gasteiger partial charge in [0.1, 0.15) is 17.1 Å². The van der Waals surface area contributed by atoms with Gasteiger partial charge in [-0.25, -0.2) is 0 Å². The van der Waals surface area contributed by atoms with Gasteiger partial charge in [-0.15, -0.1) is 0 Å². The smallest absolute Gasteiger partial charge is 0.271 e. The van der Waals surface area contributed by atoms with Crippen molar-refractivity contribution in [2.24, 2.45) is 0 Å². The number of ether oxygens (including phenoxy) is 1. The van der Waals surface area contributed by atoms with Crippen molar-refractivity contribution in [1.29, 1.82) is 0 Å². The van der Waals surface area contributed by atoms with Gasteiger partial charge in [-0.05, 0) is 43.2 Å². The number of amides is 1. The molecular formula is C22H29N5O3. The van der Waals surface area contributed by atoms with E-state index in [9.17, 15) is 9.59 Å². The van der Waals surface area contributed by atoms with Crippen LogP contribution in [0.4, 0.5) is 5.69 Å². The third-order valence-electron chi connectivity index (χ3n) is 6.12. The number of rotatable bonds is 5. The summed E-state index contributed by atoms with van der Waals surface area (Å²) in [7, 11) is 1.68. The molecule has 2 aromatic rings. The highest BCUT2D eigenvalue weighted by Gasteiger charge is 2.31. The van der Waals surface area contributed by atoms with Crippen molar-refractivity contribution in [3.63, 3.8) is 0 Å². The lowest BCUT2D eigenvalue weighted by atomic mass is 10.0. The molecule has 1 unspecified atom stereocenters. The van der Waals surface area contributed by atoms with Crippen LogP contribution in [0.1, 0.15) is 40.7 Å². The Bertz CT molecular complexity index is 886. The summed E-state index contributed by atoms with van der Waals surface area (Å²) >= 11 is 0. The lowest BCUT2D eigenvalue weighted by Crippen LogP contribution is -2.55. The highest BCUT2D eigenvalue weighted by atomic mass is 16.5. The van der Waals surface area contributed by atoms with Gasteiger partial charge in [0.25, 0.3) is 5.91 Å². The molecule has 0 aliphatic carbocycles. The summed E-state index contributed by atoms with van der Waals surface area (Å²) in [4.78, 5) is 31.1. The molecule has 1 aromatic heterocycles. The molecule has 1 amide bonds. The Kier molecular flexibility index (Phi) is 6.03. The number of ketones is 1. The normalized spacial score (nSPS) is 20.3. The predicted octanol–water partition coefficient (Wildman–Crippen LogP) is 2.05. The standard InChI is InChI=1S/C22H29N5O3/c1-16(28)20-14-21(24-23-20)22(29)27-9-3-4-18(15-27)26-12-10-25(11-13-26)17-5-7-19(30-2)8-6-17/h5-8,14,18H,3-4,9-13,15H2,1-2H3,(H,23,24). The number of nitrogens with one attached hydrogen (secondary N) is 1. The Balaban J connectivity index is 1.33. The van der Waals surface area contributed by atoms with Crippen molar-refractivity contribution in [1.82, 2.24) is 20.0 Å². The maximum Gasteiger partial charge on any atom is 0.271 e. The molecule has 2 aliphatic heterocycles. The van der Waals surface area contributed by atoms with Gasteiger partial charge in [0.15, 0.2) is 5.78 Å². The Morgan fingerprint density at radius 3 is 2.47 bits per heavy atom. The van der Waals surface area contributed by atoms with Crippen molar-refractivity contribution in [2.75, 3.05) is 51.3 Å². The van der Waals surface area contributed by atoms with E-state index in [1.165, 1.54) is 12.6 Å². The van der Waals surface area contributed by atoms with E-state index in [2.05, 4.69) is 32.1 Å². The summed E-state index contributed by atoms with van der Waals surface area (Å²) in [5, 5.41) is 6.66. The number of aromatic nitrogens is 2. The fraction of sp³-hybridized carbons (Fsp3) is 0.500. The van der Waals surface area contributed by atoms with Crippen LogP contribution in [0.25, 0.3) is 0 Å². The molecule has 3 heterocycles. The van der Waals surface area contributed by atoms with Crippen LogP contribution in [0.5, 0.6) is 5.75 Å². The number of Topliss-reactive ketones (excluding diaryl/α,β-unsaturated/α-hetero) is 1. The number of hydrogen-bond acceptors (Lipinski definition) is 6. The first-order valence-corrected chi connectivity index (χ1v) is 10.5. The van der Waals surface area contributed by atoms with E-state index in [1.54, 1.807) is 13.2 Å². The van der Waals surface area contributed by atoms with Gasteiger partial charge in [0.05, 0.1) is 7.11 Å². The lowest BCUT2D eigenvalue weighted by Gasteiger charge is -2.43. The molecule has 2 saturated heterocycles. The molecular weight excluding hydrogens is 382 g/mol. The zero-order valence-electron chi connectivity index (χ0n) is 17.6. The van der Waals surface area contributed by atoms with E-state index in [4.69, 9.17) is 4.74 Å². The average Bonchev–Trinajstić information content (AvgIpc) is 3.30. The van der Waals surface area contributed by atoms with Crippen LogP contribution >= 0.6 is 0 Å². The molecule has 8 heteroatoms. The average molecular weight is 412 g/mol. The van der Waals surface area contributed by atoms with E-state index in [0.717, 1.165) is 57.9 Å². The molecule has 0 bridgehead atoms. The molecule has 0 saturated carbocycles. The zero-order valence-corrected chi connectivity index (χ0v) is 17.6. The van der Waals surface area contributed by atoms with E-state index in [0.29, 0.717) is 17.4 Å². The summed E-state index contributed by atoms with van der Waals surface area (Å²) in [5.74, 6) is 0.658. The first kappa shape index (κ1) is 20.4. The van der Waals surface area contributed by atoms with Crippen molar-refractivity contribution in [3.8, 4) is 5.75 Å². The molecule has 1 aromatic carbocycles. The summed E-state index contributed by atoms with van der Waals surface area (Å²) in [6.07, 6.45) is 2.09. The molecule has 0 radical (unpaired) electrons. The van der Waals surface area contributed by atoms with Crippen LogP contribution in [0.2, 0.25) is 0 Å². The molecule has 2 aliphatic rings. The Morgan fingerprint density at radius 2 is 1.83 bits per heavy atom. The first-order chi connectivity index (χ1) is 14.5. The molecule has 8 nitrogen and oxygen atoms in total. The second kappa shape index (κ2) is 8.87. The third-order valence-corrected chi connectivity index (χ3v) is 6.12.